The number of hydrogen-bond donors (Lipinski definition) is 2. The Bertz CT molecular complexity index is 227. The van der Waals surface area contributed by atoms with Crippen LogP contribution in [0.1, 0.15) is 39.5 Å². The maximum Gasteiger partial charge on any atom is 0.312 e. The number of ether oxygens (including phenoxy) is 1. The molecule has 0 amide bonds. The zero-order valence-corrected chi connectivity index (χ0v) is 10.1. The average molecular weight is 230 g/mol. The van der Waals surface area contributed by atoms with Crippen molar-refractivity contribution in [3.8, 4) is 0 Å². The van der Waals surface area contributed by atoms with Crippen molar-refractivity contribution < 1.29 is 19.7 Å². The second kappa shape index (κ2) is 6.21. The molecule has 3 atom stereocenters. The predicted molar refractivity (Wildman–Crippen MR) is 59.8 cm³/mol. The molecule has 0 aromatic heterocycles. The highest BCUT2D eigenvalue weighted by atomic mass is 16.6. The zero-order valence-electron chi connectivity index (χ0n) is 10.1. The molecule has 4 heteroatoms. The molecule has 0 unspecified atom stereocenters. The van der Waals surface area contributed by atoms with Crippen molar-refractivity contribution in [2.75, 3.05) is 6.61 Å². The molecule has 2 N–H and O–H groups in total. The molecule has 0 radical (unpaired) electrons. The molecule has 1 saturated heterocycles. The largest absolute Gasteiger partial charge is 0.460 e. The van der Waals surface area contributed by atoms with Crippen molar-refractivity contribution >= 4 is 5.97 Å². The average Bonchev–Trinajstić information content (AvgIpc) is 2.59. The minimum absolute atomic E-state index is 0.152. The van der Waals surface area contributed by atoms with Crippen LogP contribution < -0.4 is 0 Å². The molecule has 0 saturated carbocycles. The molecule has 94 valence electrons. The molecule has 16 heavy (non-hydrogen) atoms. The maximum absolute atomic E-state index is 11.4. The van der Waals surface area contributed by atoms with E-state index in [9.17, 15) is 9.90 Å². The molecule has 1 aliphatic rings. The number of carbonyl (C=O) groups excluding carboxylic acids is 1. The normalized spacial score (nSPS) is 27.2. The number of aliphatic hydroxyl groups is 2. The van der Waals surface area contributed by atoms with E-state index >= 15 is 0 Å². The lowest BCUT2D eigenvalue weighted by molar-refractivity contribution is -0.147. The first-order valence-corrected chi connectivity index (χ1v) is 6.04. The Labute approximate surface area is 96.6 Å². The van der Waals surface area contributed by atoms with Crippen molar-refractivity contribution in [2.24, 2.45) is 11.8 Å². The van der Waals surface area contributed by atoms with E-state index in [-0.39, 0.29) is 12.6 Å². The SMILES string of the molecule is CC(C)CCC[C@H](O)[C@H]1C[C@@H](CO)OC1=O. The lowest BCUT2D eigenvalue weighted by atomic mass is 9.93. The summed E-state index contributed by atoms with van der Waals surface area (Å²) in [5.41, 5.74) is 0. The molecule has 1 rings (SSSR count). The van der Waals surface area contributed by atoms with Crippen molar-refractivity contribution in [3.05, 3.63) is 0 Å². The van der Waals surface area contributed by atoms with E-state index in [0.717, 1.165) is 12.8 Å². The van der Waals surface area contributed by atoms with E-state index in [2.05, 4.69) is 13.8 Å². The van der Waals surface area contributed by atoms with Gasteiger partial charge in [0, 0.05) is 6.42 Å². The van der Waals surface area contributed by atoms with Crippen molar-refractivity contribution in [2.45, 2.75) is 51.7 Å². The van der Waals surface area contributed by atoms with Crippen LogP contribution in [0, 0.1) is 11.8 Å². The van der Waals surface area contributed by atoms with E-state index < -0.39 is 18.1 Å². The Morgan fingerprint density at radius 1 is 1.44 bits per heavy atom. The van der Waals surface area contributed by atoms with Gasteiger partial charge >= 0.3 is 5.97 Å². The monoisotopic (exact) mass is 230 g/mol. The first kappa shape index (κ1) is 13.5. The van der Waals surface area contributed by atoms with Gasteiger partial charge in [-0.25, -0.2) is 0 Å². The standard InChI is InChI=1S/C12H22O4/c1-8(2)4-3-5-11(14)10-6-9(7-13)16-12(10)15/h8-11,13-14H,3-7H2,1-2H3/t9-,10+,11-/m0/s1. The van der Waals surface area contributed by atoms with Gasteiger partial charge in [0.1, 0.15) is 6.10 Å². The highest BCUT2D eigenvalue weighted by Gasteiger charge is 2.38. The van der Waals surface area contributed by atoms with Gasteiger partial charge in [0.25, 0.3) is 0 Å². The van der Waals surface area contributed by atoms with E-state index in [0.29, 0.717) is 18.8 Å². The summed E-state index contributed by atoms with van der Waals surface area (Å²) in [6.45, 7) is 4.12. The van der Waals surface area contributed by atoms with Gasteiger partial charge in [0.05, 0.1) is 18.6 Å². The van der Waals surface area contributed by atoms with E-state index in [1.807, 2.05) is 0 Å². The Balaban J connectivity index is 2.31. The Kier molecular flexibility index (Phi) is 5.22. The molecule has 0 bridgehead atoms. The predicted octanol–water partition coefficient (Wildman–Crippen LogP) is 1.10. The zero-order chi connectivity index (χ0) is 12.1. The minimum Gasteiger partial charge on any atom is -0.460 e. The fraction of sp³-hybridized carbons (Fsp3) is 0.917. The summed E-state index contributed by atoms with van der Waals surface area (Å²) in [6, 6.07) is 0. The molecule has 0 aliphatic carbocycles. The lowest BCUT2D eigenvalue weighted by Gasteiger charge is -2.14. The van der Waals surface area contributed by atoms with Gasteiger partial charge < -0.3 is 14.9 Å². The van der Waals surface area contributed by atoms with Gasteiger partial charge in [0.2, 0.25) is 0 Å². The molecule has 1 fully saturated rings. The summed E-state index contributed by atoms with van der Waals surface area (Å²) in [5.74, 6) is -0.187. The third-order valence-corrected chi connectivity index (χ3v) is 3.05. The number of hydrogen-bond acceptors (Lipinski definition) is 4. The quantitative estimate of drug-likeness (QED) is 0.670. The Morgan fingerprint density at radius 3 is 2.62 bits per heavy atom. The highest BCUT2D eigenvalue weighted by Crippen LogP contribution is 2.26. The van der Waals surface area contributed by atoms with Crippen molar-refractivity contribution in [1.82, 2.24) is 0 Å². The summed E-state index contributed by atoms with van der Waals surface area (Å²) < 4.78 is 4.92. The van der Waals surface area contributed by atoms with Crippen LogP contribution in [0.2, 0.25) is 0 Å². The third kappa shape index (κ3) is 3.76. The number of carbonyl (C=O) groups is 1. The summed E-state index contributed by atoms with van der Waals surface area (Å²) in [6.07, 6.45) is 2.02. The lowest BCUT2D eigenvalue weighted by Crippen LogP contribution is -2.24. The number of cyclic esters (lactones) is 1. The van der Waals surface area contributed by atoms with E-state index in [1.54, 1.807) is 0 Å². The van der Waals surface area contributed by atoms with Crippen molar-refractivity contribution in [1.29, 1.82) is 0 Å². The van der Waals surface area contributed by atoms with Gasteiger partial charge in [-0.1, -0.05) is 26.7 Å². The minimum atomic E-state index is -0.622. The van der Waals surface area contributed by atoms with Gasteiger partial charge in [-0.15, -0.1) is 0 Å². The smallest absolute Gasteiger partial charge is 0.312 e. The van der Waals surface area contributed by atoms with E-state index in [4.69, 9.17) is 9.84 Å². The number of aliphatic hydroxyl groups excluding tert-OH is 2. The number of rotatable bonds is 6. The van der Waals surface area contributed by atoms with Gasteiger partial charge in [-0.2, -0.15) is 0 Å². The summed E-state index contributed by atoms with van der Waals surface area (Å²) >= 11 is 0. The molecular weight excluding hydrogens is 208 g/mol. The highest BCUT2D eigenvalue weighted by molar-refractivity contribution is 5.75. The molecular formula is C12H22O4. The Hall–Kier alpha value is -0.610. The molecule has 0 aromatic rings. The van der Waals surface area contributed by atoms with Gasteiger partial charge in [-0.05, 0) is 12.3 Å². The van der Waals surface area contributed by atoms with Crippen LogP contribution in [-0.2, 0) is 9.53 Å². The maximum atomic E-state index is 11.4. The summed E-state index contributed by atoms with van der Waals surface area (Å²) in [7, 11) is 0. The second-order valence-electron chi connectivity index (χ2n) is 4.98. The number of esters is 1. The van der Waals surface area contributed by atoms with Crippen LogP contribution in [-0.4, -0.2) is 35.0 Å². The first-order valence-electron chi connectivity index (χ1n) is 6.04. The molecule has 4 nitrogen and oxygen atoms in total. The molecule has 1 aliphatic heterocycles. The molecule has 0 spiro atoms. The van der Waals surface area contributed by atoms with E-state index in [1.165, 1.54) is 0 Å². The van der Waals surface area contributed by atoms with Crippen LogP contribution in [0.4, 0.5) is 0 Å². The summed E-state index contributed by atoms with van der Waals surface area (Å²) in [5, 5.41) is 18.7. The van der Waals surface area contributed by atoms with Gasteiger partial charge in [-0.3, -0.25) is 4.79 Å². The van der Waals surface area contributed by atoms with Crippen molar-refractivity contribution in [3.63, 3.8) is 0 Å². The fourth-order valence-corrected chi connectivity index (χ4v) is 2.04. The van der Waals surface area contributed by atoms with Crippen LogP contribution in [0.15, 0.2) is 0 Å². The van der Waals surface area contributed by atoms with Crippen LogP contribution in [0.5, 0.6) is 0 Å². The molecule has 0 aromatic carbocycles. The first-order chi connectivity index (χ1) is 7.54. The van der Waals surface area contributed by atoms with Crippen LogP contribution in [0.25, 0.3) is 0 Å². The van der Waals surface area contributed by atoms with Crippen LogP contribution >= 0.6 is 0 Å². The molecule has 1 heterocycles. The topological polar surface area (TPSA) is 66.8 Å². The fourth-order valence-electron chi connectivity index (χ4n) is 2.04. The summed E-state index contributed by atoms with van der Waals surface area (Å²) in [4.78, 5) is 11.4. The Morgan fingerprint density at radius 2 is 2.12 bits per heavy atom. The third-order valence-electron chi connectivity index (χ3n) is 3.05. The second-order valence-corrected chi connectivity index (χ2v) is 4.98. The van der Waals surface area contributed by atoms with Crippen LogP contribution in [0.3, 0.4) is 0 Å². The van der Waals surface area contributed by atoms with Gasteiger partial charge in [0.15, 0.2) is 0 Å².